The number of nitrogens with one attached hydrogen (secondary N) is 1. The Morgan fingerprint density at radius 3 is 2.16 bits per heavy atom. The van der Waals surface area contributed by atoms with Crippen molar-refractivity contribution in [3.05, 3.63) is 151 Å². The van der Waals surface area contributed by atoms with Crippen molar-refractivity contribution in [2.45, 2.75) is 6.23 Å². The number of fused-ring (bicyclic) bond motifs is 9. The smallest absolute Gasteiger partial charge is 0.196 e. The lowest BCUT2D eigenvalue weighted by molar-refractivity contribution is 0.260. The van der Waals surface area contributed by atoms with Crippen LogP contribution >= 0.6 is 11.3 Å². The molecule has 4 heteroatoms. The number of thiophene rings is 1. The summed E-state index contributed by atoms with van der Waals surface area (Å²) in [6.07, 6.45) is -0.224. The van der Waals surface area contributed by atoms with Gasteiger partial charge in [-0.2, -0.15) is 0 Å². The highest BCUT2D eigenvalue weighted by Crippen LogP contribution is 2.48. The number of para-hydroxylation sites is 1. The molecule has 10 rings (SSSR count). The zero-order valence-corrected chi connectivity index (χ0v) is 25.0. The summed E-state index contributed by atoms with van der Waals surface area (Å²) in [7, 11) is 0. The lowest BCUT2D eigenvalue weighted by atomic mass is 10.0. The molecular weight excluding hydrogens is 569 g/mol. The molecule has 9 aromatic rings. The van der Waals surface area contributed by atoms with Gasteiger partial charge in [-0.05, 0) is 76.5 Å². The van der Waals surface area contributed by atoms with Crippen molar-refractivity contribution in [3.8, 4) is 22.6 Å². The molecule has 0 spiro atoms. The van der Waals surface area contributed by atoms with Crippen LogP contribution in [-0.2, 0) is 0 Å². The Morgan fingerprint density at radius 2 is 1.29 bits per heavy atom. The zero-order chi connectivity index (χ0) is 29.5. The fourth-order valence-electron chi connectivity index (χ4n) is 7.07. The van der Waals surface area contributed by atoms with Gasteiger partial charge in [0.1, 0.15) is 5.75 Å². The summed E-state index contributed by atoms with van der Waals surface area (Å²) >= 11 is 1.83. The Bertz CT molecular complexity index is 2600. The summed E-state index contributed by atoms with van der Waals surface area (Å²) in [5, 5.41) is 11.2. The minimum absolute atomic E-state index is 0.224. The molecule has 1 unspecified atom stereocenters. The van der Waals surface area contributed by atoms with Crippen molar-refractivity contribution in [1.82, 2.24) is 4.57 Å². The second-order valence-electron chi connectivity index (χ2n) is 11.8. The first-order valence-corrected chi connectivity index (χ1v) is 16.1. The van der Waals surface area contributed by atoms with Crippen molar-refractivity contribution >= 4 is 69.8 Å². The van der Waals surface area contributed by atoms with E-state index in [1.807, 2.05) is 11.3 Å². The molecule has 1 atom stereocenters. The van der Waals surface area contributed by atoms with Crippen LogP contribution in [-0.4, -0.2) is 4.57 Å². The normalized spacial score (nSPS) is 14.4. The van der Waals surface area contributed by atoms with E-state index in [1.165, 1.54) is 69.6 Å². The third-order valence-corrected chi connectivity index (χ3v) is 10.4. The second kappa shape index (κ2) is 9.46. The standard InChI is InChI=1S/C41H26N2OS/c1-2-10-30(11-3-1)43-34-19-18-29(23-32(34)33-22-27-8-4-5-9-28(27)24-35(33)43)25-14-16-26(17-15-25)41-42-40-36(44-41)20-21-38-39(40)31-12-6-7-13-37(31)45-38/h1-24,41-42H. The molecule has 3 heterocycles. The predicted octanol–water partition coefficient (Wildman–Crippen LogP) is 11.5. The number of rotatable bonds is 3. The van der Waals surface area contributed by atoms with Crippen molar-refractivity contribution < 1.29 is 4.74 Å². The monoisotopic (exact) mass is 594 g/mol. The highest BCUT2D eigenvalue weighted by molar-refractivity contribution is 7.26. The maximum atomic E-state index is 6.44. The molecule has 0 saturated heterocycles. The molecular formula is C41H26N2OS. The number of hydrogen-bond donors (Lipinski definition) is 1. The van der Waals surface area contributed by atoms with Crippen LogP contribution in [0.4, 0.5) is 5.69 Å². The largest absolute Gasteiger partial charge is 0.464 e. The second-order valence-corrected chi connectivity index (χ2v) is 12.9. The molecule has 0 amide bonds. The van der Waals surface area contributed by atoms with E-state index < -0.39 is 0 Å². The average molecular weight is 595 g/mol. The van der Waals surface area contributed by atoms with Gasteiger partial charge in [0, 0.05) is 42.2 Å². The Morgan fingerprint density at radius 1 is 0.556 bits per heavy atom. The van der Waals surface area contributed by atoms with Gasteiger partial charge in [0.05, 0.1) is 16.7 Å². The average Bonchev–Trinajstić information content (AvgIpc) is 3.79. The van der Waals surface area contributed by atoms with Gasteiger partial charge >= 0.3 is 0 Å². The van der Waals surface area contributed by atoms with Gasteiger partial charge in [0.15, 0.2) is 6.23 Å². The Balaban J connectivity index is 1.04. The zero-order valence-electron chi connectivity index (χ0n) is 24.2. The first kappa shape index (κ1) is 24.8. The van der Waals surface area contributed by atoms with Crippen LogP contribution in [0.25, 0.3) is 69.6 Å². The van der Waals surface area contributed by atoms with Gasteiger partial charge in [-0.1, -0.05) is 91.0 Å². The third-order valence-electron chi connectivity index (χ3n) is 9.22. The van der Waals surface area contributed by atoms with Gasteiger partial charge in [-0.15, -0.1) is 11.3 Å². The number of benzene rings is 7. The molecule has 3 nitrogen and oxygen atoms in total. The number of nitrogens with zero attached hydrogens (tertiary/aromatic N) is 1. The van der Waals surface area contributed by atoms with E-state index in [9.17, 15) is 0 Å². The molecule has 0 fully saturated rings. The maximum Gasteiger partial charge on any atom is 0.196 e. The van der Waals surface area contributed by atoms with Crippen LogP contribution < -0.4 is 10.1 Å². The molecule has 0 radical (unpaired) electrons. The molecule has 2 aromatic heterocycles. The van der Waals surface area contributed by atoms with E-state index in [2.05, 4.69) is 155 Å². The minimum atomic E-state index is -0.224. The van der Waals surface area contributed by atoms with Crippen LogP contribution in [0.15, 0.2) is 146 Å². The Kier molecular flexibility index (Phi) is 5.22. The summed E-state index contributed by atoms with van der Waals surface area (Å²) in [6, 6.07) is 52.5. The fraction of sp³-hybridized carbons (Fsp3) is 0.0244. The highest BCUT2D eigenvalue weighted by Gasteiger charge is 2.27. The topological polar surface area (TPSA) is 26.2 Å². The van der Waals surface area contributed by atoms with E-state index in [0.29, 0.717) is 0 Å². The maximum absolute atomic E-state index is 6.44. The lowest BCUT2D eigenvalue weighted by Crippen LogP contribution is -2.09. The van der Waals surface area contributed by atoms with Gasteiger partial charge in [0.2, 0.25) is 0 Å². The van der Waals surface area contributed by atoms with Crippen LogP contribution in [0.1, 0.15) is 11.8 Å². The van der Waals surface area contributed by atoms with Crippen LogP contribution in [0, 0.1) is 0 Å². The minimum Gasteiger partial charge on any atom is -0.464 e. The van der Waals surface area contributed by atoms with E-state index in [-0.39, 0.29) is 6.23 Å². The van der Waals surface area contributed by atoms with Gasteiger partial charge in [0.25, 0.3) is 0 Å². The van der Waals surface area contributed by atoms with Crippen molar-refractivity contribution in [2.75, 3.05) is 5.32 Å². The number of aromatic nitrogens is 1. The SMILES string of the molecule is c1ccc(-n2c3ccc(-c4ccc(C5Nc6c(ccc7sc8ccccc8c67)O5)cc4)cc3c3cc4ccccc4cc32)cc1. The molecule has 0 bridgehead atoms. The molecule has 0 saturated carbocycles. The van der Waals surface area contributed by atoms with E-state index in [1.54, 1.807) is 0 Å². The fourth-order valence-corrected chi connectivity index (χ4v) is 8.18. The molecule has 1 N–H and O–H groups in total. The van der Waals surface area contributed by atoms with Crippen molar-refractivity contribution in [3.63, 3.8) is 0 Å². The summed E-state index contributed by atoms with van der Waals surface area (Å²) in [5.41, 5.74) is 8.18. The summed E-state index contributed by atoms with van der Waals surface area (Å²) in [4.78, 5) is 0. The predicted molar refractivity (Wildman–Crippen MR) is 190 cm³/mol. The van der Waals surface area contributed by atoms with Crippen LogP contribution in [0.3, 0.4) is 0 Å². The number of anilines is 1. The molecule has 1 aliphatic heterocycles. The van der Waals surface area contributed by atoms with E-state index in [0.717, 1.165) is 17.0 Å². The summed E-state index contributed by atoms with van der Waals surface area (Å²) < 4.78 is 11.4. The number of ether oxygens (including phenoxy) is 1. The van der Waals surface area contributed by atoms with Gasteiger partial charge in [-0.3, -0.25) is 0 Å². The Hall–Kier alpha value is -5.58. The molecule has 45 heavy (non-hydrogen) atoms. The quantitative estimate of drug-likeness (QED) is 0.220. The number of hydrogen-bond acceptors (Lipinski definition) is 3. The van der Waals surface area contributed by atoms with E-state index >= 15 is 0 Å². The molecule has 212 valence electrons. The van der Waals surface area contributed by atoms with Gasteiger partial charge in [-0.25, -0.2) is 0 Å². The summed E-state index contributed by atoms with van der Waals surface area (Å²) in [6.45, 7) is 0. The van der Waals surface area contributed by atoms with Crippen molar-refractivity contribution in [1.29, 1.82) is 0 Å². The lowest BCUT2D eigenvalue weighted by Gasteiger charge is -2.13. The first-order valence-electron chi connectivity index (χ1n) is 15.3. The highest BCUT2D eigenvalue weighted by atomic mass is 32.1. The molecule has 1 aliphatic rings. The first-order chi connectivity index (χ1) is 22.3. The van der Waals surface area contributed by atoms with Crippen LogP contribution in [0.2, 0.25) is 0 Å². The van der Waals surface area contributed by atoms with Gasteiger partial charge < -0.3 is 14.6 Å². The van der Waals surface area contributed by atoms with Crippen LogP contribution in [0.5, 0.6) is 5.75 Å². The Labute approximate surface area is 263 Å². The van der Waals surface area contributed by atoms with E-state index in [4.69, 9.17) is 4.74 Å². The van der Waals surface area contributed by atoms with Crippen molar-refractivity contribution in [2.24, 2.45) is 0 Å². The summed E-state index contributed by atoms with van der Waals surface area (Å²) in [5.74, 6) is 0.910. The molecule has 7 aromatic carbocycles. The third kappa shape index (κ3) is 3.76. The molecule has 0 aliphatic carbocycles.